The van der Waals surface area contributed by atoms with Gasteiger partial charge < -0.3 is 10.4 Å². The molecule has 2 atom stereocenters. The predicted molar refractivity (Wildman–Crippen MR) is 87.0 cm³/mol. The molecule has 0 aromatic heterocycles. The Labute approximate surface area is 132 Å². The van der Waals surface area contributed by atoms with Gasteiger partial charge in [-0.05, 0) is 42.3 Å². The molecule has 1 unspecified atom stereocenters. The van der Waals surface area contributed by atoms with E-state index in [9.17, 15) is 5.11 Å². The van der Waals surface area contributed by atoms with E-state index in [-0.39, 0.29) is 6.04 Å². The first-order valence-electron chi connectivity index (χ1n) is 6.48. The first kappa shape index (κ1) is 15.5. The Morgan fingerprint density at radius 1 is 1.15 bits per heavy atom. The van der Waals surface area contributed by atoms with Crippen molar-refractivity contribution in [3.05, 3.63) is 69.2 Å². The number of nitrogens with one attached hydrogen (secondary N) is 1. The van der Waals surface area contributed by atoms with Crippen LogP contribution in [0.4, 0.5) is 0 Å². The average molecular weight is 355 g/mol. The summed E-state index contributed by atoms with van der Waals surface area (Å²) in [6.07, 6.45) is -0.540. The first-order valence-corrected chi connectivity index (χ1v) is 7.66. The second-order valence-electron chi connectivity index (χ2n) is 4.75. The van der Waals surface area contributed by atoms with Crippen molar-refractivity contribution in [3.63, 3.8) is 0 Å². The molecular formula is C16H17BrClNO. The van der Waals surface area contributed by atoms with Crippen molar-refractivity contribution in [2.45, 2.75) is 19.1 Å². The summed E-state index contributed by atoms with van der Waals surface area (Å²) in [5.74, 6) is 0. The Morgan fingerprint density at radius 3 is 2.50 bits per heavy atom. The molecule has 0 saturated heterocycles. The van der Waals surface area contributed by atoms with E-state index in [0.717, 1.165) is 10.0 Å². The Bertz CT molecular complexity index is 559. The van der Waals surface area contributed by atoms with Gasteiger partial charge in [0.2, 0.25) is 0 Å². The van der Waals surface area contributed by atoms with Crippen LogP contribution in [0.1, 0.15) is 30.2 Å². The second-order valence-corrected chi connectivity index (χ2v) is 6.10. The third kappa shape index (κ3) is 4.32. The molecule has 20 heavy (non-hydrogen) atoms. The molecule has 0 aliphatic rings. The van der Waals surface area contributed by atoms with Crippen molar-refractivity contribution in [1.82, 2.24) is 5.32 Å². The van der Waals surface area contributed by atoms with Crippen molar-refractivity contribution < 1.29 is 5.11 Å². The number of benzene rings is 2. The lowest BCUT2D eigenvalue weighted by molar-refractivity contribution is 0.171. The highest BCUT2D eigenvalue weighted by Crippen LogP contribution is 2.20. The predicted octanol–water partition coefficient (Wildman–Crippen LogP) is 4.49. The minimum absolute atomic E-state index is 0.175. The summed E-state index contributed by atoms with van der Waals surface area (Å²) < 4.78 is 1.06. The SMILES string of the molecule is C[C@@H](NCC(O)c1ccc(Cl)cc1)c1cccc(Br)c1. The largest absolute Gasteiger partial charge is 0.387 e. The Kier molecular flexibility index (Phi) is 5.61. The number of hydrogen-bond acceptors (Lipinski definition) is 2. The average Bonchev–Trinajstić information content (AvgIpc) is 2.45. The van der Waals surface area contributed by atoms with Crippen LogP contribution in [-0.2, 0) is 0 Å². The first-order chi connectivity index (χ1) is 9.56. The maximum atomic E-state index is 10.1. The number of hydrogen-bond donors (Lipinski definition) is 2. The molecule has 106 valence electrons. The Balaban J connectivity index is 1.93. The minimum Gasteiger partial charge on any atom is -0.387 e. The molecule has 2 aromatic rings. The van der Waals surface area contributed by atoms with Crippen molar-refractivity contribution in [2.75, 3.05) is 6.54 Å². The number of aliphatic hydroxyl groups is 1. The third-order valence-corrected chi connectivity index (χ3v) is 3.97. The molecule has 4 heteroatoms. The van der Waals surface area contributed by atoms with Crippen LogP contribution < -0.4 is 5.32 Å². The van der Waals surface area contributed by atoms with Crippen LogP contribution in [0.15, 0.2) is 53.0 Å². The van der Waals surface area contributed by atoms with Gasteiger partial charge in [0.05, 0.1) is 6.10 Å². The summed E-state index contributed by atoms with van der Waals surface area (Å²) in [6.45, 7) is 2.58. The molecule has 2 aromatic carbocycles. The molecule has 0 aliphatic heterocycles. The van der Waals surface area contributed by atoms with E-state index in [4.69, 9.17) is 11.6 Å². The van der Waals surface area contributed by atoms with Gasteiger partial charge in [0.15, 0.2) is 0 Å². The zero-order valence-corrected chi connectivity index (χ0v) is 13.5. The molecule has 2 rings (SSSR count). The quantitative estimate of drug-likeness (QED) is 0.829. The van der Waals surface area contributed by atoms with Gasteiger partial charge in [-0.1, -0.05) is 51.8 Å². The van der Waals surface area contributed by atoms with Crippen LogP contribution in [0.5, 0.6) is 0 Å². The van der Waals surface area contributed by atoms with Gasteiger partial charge in [-0.25, -0.2) is 0 Å². The Hall–Kier alpha value is -0.870. The smallest absolute Gasteiger partial charge is 0.0914 e. The molecule has 0 spiro atoms. The van der Waals surface area contributed by atoms with Crippen molar-refractivity contribution >= 4 is 27.5 Å². The van der Waals surface area contributed by atoms with Crippen molar-refractivity contribution in [2.24, 2.45) is 0 Å². The third-order valence-electron chi connectivity index (χ3n) is 3.22. The highest BCUT2D eigenvalue weighted by atomic mass is 79.9. The van der Waals surface area contributed by atoms with E-state index in [1.165, 1.54) is 5.56 Å². The van der Waals surface area contributed by atoms with Gasteiger partial charge in [-0.15, -0.1) is 0 Å². The molecule has 2 N–H and O–H groups in total. The van der Waals surface area contributed by atoms with Crippen LogP contribution in [0.25, 0.3) is 0 Å². The van der Waals surface area contributed by atoms with Crippen LogP contribution in [-0.4, -0.2) is 11.7 Å². The second kappa shape index (κ2) is 7.23. The van der Waals surface area contributed by atoms with Gasteiger partial charge in [-0.2, -0.15) is 0 Å². The van der Waals surface area contributed by atoms with Gasteiger partial charge >= 0.3 is 0 Å². The standard InChI is InChI=1S/C16H17BrClNO/c1-11(13-3-2-4-14(17)9-13)19-10-16(20)12-5-7-15(18)8-6-12/h2-9,11,16,19-20H,10H2,1H3/t11-,16?/m1/s1. The molecule has 0 aliphatic carbocycles. The molecule has 0 fully saturated rings. The van der Waals surface area contributed by atoms with Crippen LogP contribution in [0, 0.1) is 0 Å². The van der Waals surface area contributed by atoms with Crippen LogP contribution in [0.3, 0.4) is 0 Å². The van der Waals surface area contributed by atoms with Crippen molar-refractivity contribution in [3.8, 4) is 0 Å². The fourth-order valence-electron chi connectivity index (χ4n) is 1.98. The molecule has 0 radical (unpaired) electrons. The summed E-state index contributed by atoms with van der Waals surface area (Å²) in [7, 11) is 0. The van der Waals surface area contributed by atoms with E-state index in [1.807, 2.05) is 24.3 Å². The van der Waals surface area contributed by atoms with E-state index >= 15 is 0 Å². The van der Waals surface area contributed by atoms with Gasteiger partial charge in [0.25, 0.3) is 0 Å². The minimum atomic E-state index is -0.540. The van der Waals surface area contributed by atoms with Crippen molar-refractivity contribution in [1.29, 1.82) is 0 Å². The zero-order valence-electron chi connectivity index (χ0n) is 11.2. The molecule has 2 nitrogen and oxygen atoms in total. The zero-order chi connectivity index (χ0) is 14.5. The van der Waals surface area contributed by atoms with E-state index < -0.39 is 6.10 Å². The normalized spacial score (nSPS) is 14.0. The Morgan fingerprint density at radius 2 is 1.85 bits per heavy atom. The van der Waals surface area contributed by atoms with Crippen LogP contribution >= 0.6 is 27.5 Å². The highest BCUT2D eigenvalue weighted by molar-refractivity contribution is 9.10. The number of halogens is 2. The van der Waals surface area contributed by atoms with Gasteiger partial charge in [0.1, 0.15) is 0 Å². The lowest BCUT2D eigenvalue weighted by Crippen LogP contribution is -2.24. The van der Waals surface area contributed by atoms with Gasteiger partial charge in [-0.3, -0.25) is 0 Å². The molecule has 0 saturated carbocycles. The maximum Gasteiger partial charge on any atom is 0.0914 e. The van der Waals surface area contributed by atoms with E-state index in [2.05, 4.69) is 40.3 Å². The maximum absolute atomic E-state index is 10.1. The van der Waals surface area contributed by atoms with E-state index in [0.29, 0.717) is 11.6 Å². The molecular weight excluding hydrogens is 338 g/mol. The fraction of sp³-hybridized carbons (Fsp3) is 0.250. The van der Waals surface area contributed by atoms with Crippen LogP contribution in [0.2, 0.25) is 5.02 Å². The number of rotatable bonds is 5. The summed E-state index contributed by atoms with van der Waals surface area (Å²) in [6, 6.07) is 15.6. The fourth-order valence-corrected chi connectivity index (χ4v) is 2.53. The molecule has 0 amide bonds. The van der Waals surface area contributed by atoms with E-state index in [1.54, 1.807) is 12.1 Å². The molecule has 0 heterocycles. The number of aliphatic hydroxyl groups excluding tert-OH is 1. The summed E-state index contributed by atoms with van der Waals surface area (Å²) in [5, 5.41) is 14.2. The summed E-state index contributed by atoms with van der Waals surface area (Å²) in [5.41, 5.74) is 2.05. The summed E-state index contributed by atoms with van der Waals surface area (Å²) in [4.78, 5) is 0. The monoisotopic (exact) mass is 353 g/mol. The van der Waals surface area contributed by atoms with Gasteiger partial charge in [0, 0.05) is 22.1 Å². The highest BCUT2D eigenvalue weighted by Gasteiger charge is 2.10. The topological polar surface area (TPSA) is 32.3 Å². The molecule has 0 bridgehead atoms. The lowest BCUT2D eigenvalue weighted by atomic mass is 10.1. The summed E-state index contributed by atoms with van der Waals surface area (Å²) >= 11 is 9.30. The lowest BCUT2D eigenvalue weighted by Gasteiger charge is -2.18.